The fourth-order valence-corrected chi connectivity index (χ4v) is 2.25. The number of nitrogens with two attached hydrogens (primary N) is 1. The molecule has 19 heavy (non-hydrogen) atoms. The van der Waals surface area contributed by atoms with Crippen LogP contribution in [-0.4, -0.2) is 28.0 Å². The third-order valence-corrected chi connectivity index (χ3v) is 3.08. The molecule has 0 bridgehead atoms. The molecule has 0 radical (unpaired) electrons. The molecule has 4 nitrogen and oxygen atoms in total. The molecule has 1 aromatic carbocycles. The van der Waals surface area contributed by atoms with E-state index in [1.54, 1.807) is 0 Å². The van der Waals surface area contributed by atoms with Gasteiger partial charge >= 0.3 is 0 Å². The SMILES string of the molecule is CN(Cc1cccc(Cl)c1)Cc1cn(CCN)cn1. The van der Waals surface area contributed by atoms with Gasteiger partial charge in [-0.15, -0.1) is 0 Å². The number of aromatic nitrogens is 2. The van der Waals surface area contributed by atoms with Gasteiger partial charge in [-0.05, 0) is 24.7 Å². The second kappa shape index (κ2) is 6.70. The van der Waals surface area contributed by atoms with Gasteiger partial charge in [0.25, 0.3) is 0 Å². The van der Waals surface area contributed by atoms with Gasteiger partial charge in [0.1, 0.15) is 0 Å². The Labute approximate surface area is 118 Å². The van der Waals surface area contributed by atoms with Crippen molar-refractivity contribution in [2.45, 2.75) is 19.6 Å². The molecule has 0 saturated heterocycles. The van der Waals surface area contributed by atoms with Crippen LogP contribution in [0, 0.1) is 0 Å². The molecule has 1 aromatic heterocycles. The molecule has 0 amide bonds. The van der Waals surface area contributed by atoms with Crippen molar-refractivity contribution in [2.24, 2.45) is 5.73 Å². The molecular weight excluding hydrogens is 260 g/mol. The number of nitrogens with zero attached hydrogens (tertiary/aromatic N) is 3. The second-order valence-electron chi connectivity index (χ2n) is 4.69. The summed E-state index contributed by atoms with van der Waals surface area (Å²) in [7, 11) is 2.07. The minimum Gasteiger partial charge on any atom is -0.336 e. The molecule has 0 aliphatic rings. The Kier molecular flexibility index (Phi) is 4.96. The van der Waals surface area contributed by atoms with E-state index in [2.05, 4.69) is 23.0 Å². The van der Waals surface area contributed by atoms with Crippen molar-refractivity contribution >= 4 is 11.6 Å². The zero-order chi connectivity index (χ0) is 13.7. The van der Waals surface area contributed by atoms with Gasteiger partial charge in [0, 0.05) is 37.4 Å². The van der Waals surface area contributed by atoms with Gasteiger partial charge in [0.05, 0.1) is 12.0 Å². The largest absolute Gasteiger partial charge is 0.336 e. The standard InChI is InChI=1S/C14H19ClN4/c1-18(8-12-3-2-4-13(15)7-12)9-14-10-19(6-5-16)11-17-14/h2-4,7,10-11H,5-6,8-9,16H2,1H3. The van der Waals surface area contributed by atoms with Gasteiger partial charge in [-0.1, -0.05) is 23.7 Å². The van der Waals surface area contributed by atoms with Crippen LogP contribution < -0.4 is 5.73 Å². The highest BCUT2D eigenvalue weighted by molar-refractivity contribution is 6.30. The summed E-state index contributed by atoms with van der Waals surface area (Å²) < 4.78 is 2.02. The van der Waals surface area contributed by atoms with Crippen LogP contribution in [0.15, 0.2) is 36.8 Å². The van der Waals surface area contributed by atoms with Gasteiger partial charge in [0.2, 0.25) is 0 Å². The van der Waals surface area contributed by atoms with E-state index in [1.165, 1.54) is 5.56 Å². The van der Waals surface area contributed by atoms with E-state index in [0.717, 1.165) is 30.4 Å². The van der Waals surface area contributed by atoms with Gasteiger partial charge in [-0.3, -0.25) is 4.90 Å². The summed E-state index contributed by atoms with van der Waals surface area (Å²) in [6, 6.07) is 7.93. The normalized spacial score (nSPS) is 11.2. The van der Waals surface area contributed by atoms with Gasteiger partial charge in [-0.25, -0.2) is 4.98 Å². The average Bonchev–Trinajstić information content (AvgIpc) is 2.77. The first kappa shape index (κ1) is 14.1. The molecule has 2 aromatic rings. The summed E-state index contributed by atoms with van der Waals surface area (Å²) in [5.74, 6) is 0. The van der Waals surface area contributed by atoms with Crippen molar-refractivity contribution in [1.29, 1.82) is 0 Å². The molecule has 0 fully saturated rings. The quantitative estimate of drug-likeness (QED) is 0.881. The molecule has 0 spiro atoms. The highest BCUT2D eigenvalue weighted by Gasteiger charge is 2.05. The summed E-state index contributed by atoms with van der Waals surface area (Å²) >= 11 is 5.98. The van der Waals surface area contributed by atoms with E-state index in [1.807, 2.05) is 35.3 Å². The molecule has 0 unspecified atom stereocenters. The van der Waals surface area contributed by atoms with Crippen LogP contribution in [0.3, 0.4) is 0 Å². The third-order valence-electron chi connectivity index (χ3n) is 2.85. The minimum atomic E-state index is 0.633. The fraction of sp³-hybridized carbons (Fsp3) is 0.357. The highest BCUT2D eigenvalue weighted by Crippen LogP contribution is 2.13. The smallest absolute Gasteiger partial charge is 0.0950 e. The Hall–Kier alpha value is -1.36. The number of imidazole rings is 1. The van der Waals surface area contributed by atoms with Crippen molar-refractivity contribution in [3.63, 3.8) is 0 Å². The number of hydrogen-bond donors (Lipinski definition) is 1. The van der Waals surface area contributed by atoms with E-state index in [9.17, 15) is 0 Å². The van der Waals surface area contributed by atoms with Gasteiger partial charge in [-0.2, -0.15) is 0 Å². The monoisotopic (exact) mass is 278 g/mol. The van der Waals surface area contributed by atoms with Crippen molar-refractivity contribution in [2.75, 3.05) is 13.6 Å². The van der Waals surface area contributed by atoms with Gasteiger partial charge in [0.15, 0.2) is 0 Å². The summed E-state index contributed by atoms with van der Waals surface area (Å²) in [6.45, 7) is 3.10. The first-order valence-corrected chi connectivity index (χ1v) is 6.69. The maximum atomic E-state index is 5.98. The summed E-state index contributed by atoms with van der Waals surface area (Å²) in [5.41, 5.74) is 7.77. The Morgan fingerprint density at radius 2 is 2.21 bits per heavy atom. The lowest BCUT2D eigenvalue weighted by Gasteiger charge is -2.15. The van der Waals surface area contributed by atoms with Crippen LogP contribution in [-0.2, 0) is 19.6 Å². The van der Waals surface area contributed by atoms with E-state index in [0.29, 0.717) is 6.54 Å². The Morgan fingerprint density at radius 1 is 1.37 bits per heavy atom. The summed E-state index contributed by atoms with van der Waals surface area (Å²) in [4.78, 5) is 6.58. The number of halogens is 1. The van der Waals surface area contributed by atoms with Crippen molar-refractivity contribution in [1.82, 2.24) is 14.5 Å². The van der Waals surface area contributed by atoms with E-state index >= 15 is 0 Å². The number of rotatable bonds is 6. The molecule has 2 N–H and O–H groups in total. The number of benzene rings is 1. The van der Waals surface area contributed by atoms with Crippen LogP contribution >= 0.6 is 11.6 Å². The predicted octanol–water partition coefficient (Wildman–Crippen LogP) is 2.13. The zero-order valence-corrected chi connectivity index (χ0v) is 11.8. The molecule has 2 rings (SSSR count). The van der Waals surface area contributed by atoms with Crippen LogP contribution in [0.4, 0.5) is 0 Å². The van der Waals surface area contributed by atoms with Crippen molar-refractivity contribution in [3.8, 4) is 0 Å². The Morgan fingerprint density at radius 3 is 2.95 bits per heavy atom. The second-order valence-corrected chi connectivity index (χ2v) is 5.13. The first-order valence-electron chi connectivity index (χ1n) is 6.31. The summed E-state index contributed by atoms with van der Waals surface area (Å²) in [5, 5.41) is 0.776. The Bertz CT molecular complexity index is 524. The van der Waals surface area contributed by atoms with Crippen molar-refractivity contribution < 1.29 is 0 Å². The molecular formula is C14H19ClN4. The molecule has 5 heteroatoms. The third kappa shape index (κ3) is 4.35. The molecule has 0 aliphatic heterocycles. The zero-order valence-electron chi connectivity index (χ0n) is 11.1. The molecule has 0 aliphatic carbocycles. The fourth-order valence-electron chi connectivity index (χ4n) is 2.04. The van der Waals surface area contributed by atoms with Crippen LogP contribution in [0.5, 0.6) is 0 Å². The maximum absolute atomic E-state index is 5.98. The van der Waals surface area contributed by atoms with Crippen LogP contribution in [0.1, 0.15) is 11.3 Å². The topological polar surface area (TPSA) is 47.1 Å². The summed E-state index contributed by atoms with van der Waals surface area (Å²) in [6.07, 6.45) is 3.87. The molecule has 0 saturated carbocycles. The lowest BCUT2D eigenvalue weighted by atomic mass is 10.2. The Balaban J connectivity index is 1.91. The average molecular weight is 279 g/mol. The lowest BCUT2D eigenvalue weighted by molar-refractivity contribution is 0.315. The number of hydrogen-bond acceptors (Lipinski definition) is 3. The first-order chi connectivity index (χ1) is 9.17. The maximum Gasteiger partial charge on any atom is 0.0950 e. The van der Waals surface area contributed by atoms with E-state index in [4.69, 9.17) is 17.3 Å². The molecule has 0 atom stereocenters. The molecule has 1 heterocycles. The van der Waals surface area contributed by atoms with Crippen LogP contribution in [0.25, 0.3) is 0 Å². The van der Waals surface area contributed by atoms with E-state index in [-0.39, 0.29) is 0 Å². The van der Waals surface area contributed by atoms with Gasteiger partial charge < -0.3 is 10.3 Å². The predicted molar refractivity (Wildman–Crippen MR) is 77.9 cm³/mol. The van der Waals surface area contributed by atoms with Crippen LogP contribution in [0.2, 0.25) is 5.02 Å². The van der Waals surface area contributed by atoms with E-state index < -0.39 is 0 Å². The lowest BCUT2D eigenvalue weighted by Crippen LogP contribution is -2.17. The minimum absolute atomic E-state index is 0.633. The molecule has 102 valence electrons. The van der Waals surface area contributed by atoms with Crippen molar-refractivity contribution in [3.05, 3.63) is 53.1 Å². The highest BCUT2D eigenvalue weighted by atomic mass is 35.5.